The van der Waals surface area contributed by atoms with Crippen molar-refractivity contribution in [1.82, 2.24) is 9.62 Å². The number of amidine groups is 1. The van der Waals surface area contributed by atoms with E-state index in [1.807, 2.05) is 0 Å². The smallest absolute Gasteiger partial charge is 0.263 e. The Morgan fingerprint density at radius 3 is 2.65 bits per heavy atom. The maximum absolute atomic E-state index is 13.0. The normalized spacial score (nSPS) is 22.5. The van der Waals surface area contributed by atoms with Crippen LogP contribution in [0.15, 0.2) is 58.4 Å². The summed E-state index contributed by atoms with van der Waals surface area (Å²) in [6.45, 7) is 0.898. The van der Waals surface area contributed by atoms with Crippen LogP contribution in [-0.2, 0) is 21.4 Å². The lowest BCUT2D eigenvalue weighted by atomic mass is 10.2. The fraction of sp³-hybridized carbons (Fsp3) is 0.222. The third-order valence-corrected chi connectivity index (χ3v) is 5.90. The Kier molecular flexibility index (Phi) is 3.99. The molecule has 0 aliphatic carbocycles. The molecule has 1 saturated heterocycles. The first-order valence-corrected chi connectivity index (χ1v) is 9.65. The number of carbonyl (C=O) groups is 1. The molecular formula is C18H16FN3O3S. The first kappa shape index (κ1) is 16.7. The van der Waals surface area contributed by atoms with Crippen molar-refractivity contribution in [2.75, 3.05) is 6.54 Å². The van der Waals surface area contributed by atoms with E-state index in [4.69, 9.17) is 0 Å². The van der Waals surface area contributed by atoms with Crippen LogP contribution in [0.2, 0.25) is 0 Å². The molecule has 1 fully saturated rings. The summed E-state index contributed by atoms with van der Waals surface area (Å²) in [6, 6.07) is 11.9. The molecule has 2 aromatic carbocycles. The molecule has 8 heteroatoms. The minimum Gasteiger partial charge on any atom is -0.336 e. The van der Waals surface area contributed by atoms with Crippen molar-refractivity contribution in [2.24, 2.45) is 4.99 Å². The first-order chi connectivity index (χ1) is 12.4. The maximum Gasteiger partial charge on any atom is 0.263 e. The Morgan fingerprint density at radius 2 is 1.88 bits per heavy atom. The average molecular weight is 373 g/mol. The highest BCUT2D eigenvalue weighted by Gasteiger charge is 2.35. The number of aliphatic imine (C=N–C) groups is 1. The summed E-state index contributed by atoms with van der Waals surface area (Å²) in [5.41, 5.74) is 1.32. The van der Waals surface area contributed by atoms with Gasteiger partial charge in [-0.25, -0.2) is 12.8 Å². The third kappa shape index (κ3) is 2.96. The summed E-state index contributed by atoms with van der Waals surface area (Å²) < 4.78 is 39.7. The van der Waals surface area contributed by atoms with Gasteiger partial charge in [-0.05, 0) is 36.2 Å². The predicted molar refractivity (Wildman–Crippen MR) is 93.5 cm³/mol. The minimum atomic E-state index is -3.62. The largest absolute Gasteiger partial charge is 0.336 e. The molecule has 2 aromatic rings. The fourth-order valence-corrected chi connectivity index (χ4v) is 4.43. The van der Waals surface area contributed by atoms with Crippen LogP contribution < -0.4 is 4.72 Å². The zero-order valence-corrected chi connectivity index (χ0v) is 14.5. The second-order valence-electron chi connectivity index (χ2n) is 6.27. The van der Waals surface area contributed by atoms with E-state index in [1.54, 1.807) is 35.2 Å². The van der Waals surface area contributed by atoms with E-state index in [9.17, 15) is 17.6 Å². The predicted octanol–water partition coefficient (Wildman–Crippen LogP) is 1.67. The summed E-state index contributed by atoms with van der Waals surface area (Å²) >= 11 is 0. The summed E-state index contributed by atoms with van der Waals surface area (Å²) in [4.78, 5) is 18.8. The van der Waals surface area contributed by atoms with Crippen LogP contribution in [0.25, 0.3) is 0 Å². The molecule has 1 amide bonds. The molecular weight excluding hydrogens is 357 g/mol. The number of hydrogen-bond acceptors (Lipinski definition) is 4. The van der Waals surface area contributed by atoms with Gasteiger partial charge in [-0.15, -0.1) is 0 Å². The van der Waals surface area contributed by atoms with E-state index in [-0.39, 0.29) is 22.5 Å². The van der Waals surface area contributed by atoms with E-state index in [0.29, 0.717) is 25.1 Å². The van der Waals surface area contributed by atoms with Crippen molar-refractivity contribution in [3.05, 3.63) is 65.5 Å². The summed E-state index contributed by atoms with van der Waals surface area (Å²) in [6.07, 6.45) is 0.507. The molecule has 134 valence electrons. The monoisotopic (exact) mass is 373 g/mol. The van der Waals surface area contributed by atoms with Crippen molar-refractivity contribution in [2.45, 2.75) is 23.9 Å². The number of halogens is 1. The van der Waals surface area contributed by atoms with Gasteiger partial charge in [0.15, 0.2) is 0 Å². The number of amides is 1. The van der Waals surface area contributed by atoms with Crippen molar-refractivity contribution >= 4 is 21.8 Å². The number of hydrogen-bond donors (Lipinski definition) is 1. The van der Waals surface area contributed by atoms with Gasteiger partial charge in [-0.2, -0.15) is 0 Å². The van der Waals surface area contributed by atoms with Crippen LogP contribution in [0, 0.1) is 5.82 Å². The molecule has 0 aromatic heterocycles. The lowest BCUT2D eigenvalue weighted by Gasteiger charge is -2.16. The number of nitrogens with one attached hydrogen (secondary N) is 1. The number of rotatable bonds is 3. The molecule has 0 saturated carbocycles. The van der Waals surface area contributed by atoms with Crippen LogP contribution in [0.1, 0.15) is 17.5 Å². The van der Waals surface area contributed by atoms with Gasteiger partial charge in [0.1, 0.15) is 17.7 Å². The van der Waals surface area contributed by atoms with Gasteiger partial charge < -0.3 is 4.90 Å². The molecule has 1 N–H and O–H groups in total. The van der Waals surface area contributed by atoms with E-state index < -0.39 is 16.1 Å². The molecule has 0 radical (unpaired) electrons. The maximum atomic E-state index is 13.0. The standard InChI is InChI=1S/C18H16FN3O3S/c19-13-7-5-12(6-8-13)11-22-10-9-15(18(22)23)20-17-14-3-1-2-4-16(14)26(24,25)21-17/h1-8,15H,9-11H2,(H,20,21). The number of carbonyl (C=O) groups excluding carboxylic acids is 1. The van der Waals surface area contributed by atoms with Crippen LogP contribution in [-0.4, -0.2) is 37.6 Å². The number of likely N-dealkylation sites (tertiary alicyclic amines) is 1. The van der Waals surface area contributed by atoms with Crippen LogP contribution in [0.3, 0.4) is 0 Å². The van der Waals surface area contributed by atoms with Crippen LogP contribution in [0.5, 0.6) is 0 Å². The van der Waals surface area contributed by atoms with E-state index >= 15 is 0 Å². The van der Waals surface area contributed by atoms with Gasteiger partial charge in [0, 0.05) is 18.7 Å². The Bertz CT molecular complexity index is 1000. The summed E-state index contributed by atoms with van der Waals surface area (Å²) in [5, 5.41) is 0. The Labute approximate surface area is 150 Å². The number of sulfonamides is 1. The molecule has 2 heterocycles. The van der Waals surface area contributed by atoms with E-state index in [0.717, 1.165) is 5.56 Å². The molecule has 2 aliphatic heterocycles. The molecule has 1 atom stereocenters. The molecule has 4 rings (SSSR count). The van der Waals surface area contributed by atoms with Gasteiger partial charge in [0.2, 0.25) is 5.91 Å². The first-order valence-electron chi connectivity index (χ1n) is 8.17. The lowest BCUT2D eigenvalue weighted by Crippen LogP contribution is -2.30. The molecule has 0 spiro atoms. The molecule has 2 aliphatic rings. The number of fused-ring (bicyclic) bond motifs is 1. The second kappa shape index (κ2) is 6.21. The lowest BCUT2D eigenvalue weighted by molar-refractivity contribution is -0.129. The highest BCUT2D eigenvalue weighted by Crippen LogP contribution is 2.25. The molecule has 6 nitrogen and oxygen atoms in total. The van der Waals surface area contributed by atoms with Gasteiger partial charge in [0.25, 0.3) is 10.0 Å². The second-order valence-corrected chi connectivity index (χ2v) is 7.92. The highest BCUT2D eigenvalue weighted by molar-refractivity contribution is 7.90. The Hall–Kier alpha value is -2.74. The van der Waals surface area contributed by atoms with Gasteiger partial charge in [0.05, 0.1) is 4.90 Å². The number of benzene rings is 2. The van der Waals surface area contributed by atoms with Crippen molar-refractivity contribution < 1.29 is 17.6 Å². The molecule has 1 unspecified atom stereocenters. The third-order valence-electron chi connectivity index (χ3n) is 4.50. The van der Waals surface area contributed by atoms with Gasteiger partial charge in [-0.1, -0.05) is 24.3 Å². The highest BCUT2D eigenvalue weighted by atomic mass is 32.2. The van der Waals surface area contributed by atoms with E-state index in [1.165, 1.54) is 18.2 Å². The van der Waals surface area contributed by atoms with Crippen molar-refractivity contribution in [1.29, 1.82) is 0 Å². The molecule has 26 heavy (non-hydrogen) atoms. The zero-order chi connectivity index (χ0) is 18.3. The summed E-state index contributed by atoms with van der Waals surface area (Å²) in [7, 11) is -3.62. The van der Waals surface area contributed by atoms with E-state index in [2.05, 4.69) is 9.71 Å². The molecule has 0 bridgehead atoms. The Morgan fingerprint density at radius 1 is 1.15 bits per heavy atom. The van der Waals surface area contributed by atoms with Gasteiger partial charge in [-0.3, -0.25) is 14.5 Å². The van der Waals surface area contributed by atoms with Crippen molar-refractivity contribution in [3.8, 4) is 0 Å². The quantitative estimate of drug-likeness (QED) is 0.889. The number of nitrogens with zero attached hydrogens (tertiary/aromatic N) is 2. The topological polar surface area (TPSA) is 78.8 Å². The van der Waals surface area contributed by atoms with Gasteiger partial charge >= 0.3 is 0 Å². The minimum absolute atomic E-state index is 0.162. The Balaban J connectivity index is 1.54. The summed E-state index contributed by atoms with van der Waals surface area (Å²) in [5.74, 6) is -0.272. The van der Waals surface area contributed by atoms with Crippen LogP contribution in [0.4, 0.5) is 4.39 Å². The zero-order valence-electron chi connectivity index (χ0n) is 13.7. The fourth-order valence-electron chi connectivity index (χ4n) is 3.20. The SMILES string of the molecule is O=C1C(N=C2NS(=O)(=O)c3ccccc32)CCN1Cc1ccc(F)cc1. The average Bonchev–Trinajstić information content (AvgIpc) is 3.09. The van der Waals surface area contributed by atoms with Crippen LogP contribution >= 0.6 is 0 Å². The van der Waals surface area contributed by atoms with Crippen molar-refractivity contribution in [3.63, 3.8) is 0 Å².